The molecule has 0 spiro atoms. The molecule has 2 heterocycles. The van der Waals surface area contributed by atoms with Gasteiger partial charge in [0.05, 0.1) is 26.4 Å². The van der Waals surface area contributed by atoms with Crippen LogP contribution in [0.1, 0.15) is 35.4 Å². The lowest BCUT2D eigenvalue weighted by atomic mass is 9.86. The van der Waals surface area contributed by atoms with Crippen molar-refractivity contribution in [3.05, 3.63) is 107 Å². The van der Waals surface area contributed by atoms with Gasteiger partial charge in [-0.05, 0) is 54.4 Å². The van der Waals surface area contributed by atoms with Crippen molar-refractivity contribution in [2.45, 2.75) is 44.5 Å². The Kier molecular flexibility index (Phi) is 10.9. The van der Waals surface area contributed by atoms with Crippen LogP contribution < -0.4 is 20.1 Å². The van der Waals surface area contributed by atoms with Crippen molar-refractivity contribution in [1.29, 1.82) is 0 Å². The van der Waals surface area contributed by atoms with Gasteiger partial charge in [-0.2, -0.15) is 0 Å². The van der Waals surface area contributed by atoms with E-state index in [0.717, 1.165) is 43.0 Å². The van der Waals surface area contributed by atoms with Crippen LogP contribution in [-0.2, 0) is 24.4 Å². The van der Waals surface area contributed by atoms with Crippen molar-refractivity contribution in [2.24, 2.45) is 0 Å². The highest BCUT2D eigenvalue weighted by atomic mass is 19.1. The molecule has 1 fully saturated rings. The molecule has 1 saturated heterocycles. The highest BCUT2D eigenvalue weighted by molar-refractivity contribution is 5.32. The number of halogens is 1. The van der Waals surface area contributed by atoms with E-state index >= 15 is 0 Å². The van der Waals surface area contributed by atoms with Crippen LogP contribution in [0.25, 0.3) is 0 Å². The van der Waals surface area contributed by atoms with E-state index in [9.17, 15) is 14.6 Å². The lowest BCUT2D eigenvalue weighted by molar-refractivity contribution is 0.105. The van der Waals surface area contributed by atoms with Crippen molar-refractivity contribution < 1.29 is 28.8 Å². The Morgan fingerprint density at radius 3 is 2.47 bits per heavy atom. The summed E-state index contributed by atoms with van der Waals surface area (Å²) in [6.45, 7) is 4.54. The second-order valence-corrected chi connectivity index (χ2v) is 10.7. The predicted octanol–water partition coefficient (Wildman–Crippen LogP) is 5.34. The van der Waals surface area contributed by atoms with Crippen LogP contribution >= 0.6 is 0 Å². The molecule has 0 amide bonds. The van der Waals surface area contributed by atoms with Gasteiger partial charge in [0.25, 0.3) is 0 Å². The summed E-state index contributed by atoms with van der Waals surface area (Å²) in [5, 5.41) is 26.8. The van der Waals surface area contributed by atoms with Gasteiger partial charge in [-0.1, -0.05) is 42.5 Å². The second kappa shape index (κ2) is 15.4. The van der Waals surface area contributed by atoms with Crippen molar-refractivity contribution in [3.8, 4) is 23.3 Å². The van der Waals surface area contributed by atoms with E-state index in [4.69, 9.17) is 14.2 Å². The number of piperidine rings is 1. The van der Waals surface area contributed by atoms with Crippen LogP contribution in [0.5, 0.6) is 23.3 Å². The predicted molar refractivity (Wildman–Crippen MR) is 163 cm³/mol. The number of aromatic nitrogens is 1. The lowest BCUT2D eigenvalue weighted by Gasteiger charge is -2.33. The number of nitrogens with zero attached hydrogens (tertiary/aromatic N) is 1. The topological polar surface area (TPSA) is 97.1 Å². The summed E-state index contributed by atoms with van der Waals surface area (Å²) in [6, 6.07) is 26.2. The van der Waals surface area contributed by atoms with Crippen molar-refractivity contribution in [2.75, 3.05) is 32.9 Å². The number of rotatable bonds is 15. The Balaban J connectivity index is 1.05. The lowest BCUT2D eigenvalue weighted by Crippen LogP contribution is -2.47. The number of benzene rings is 3. The normalized spacial score (nSPS) is 16.7. The zero-order valence-electron chi connectivity index (χ0n) is 24.3. The minimum absolute atomic E-state index is 0.0109. The molecule has 0 unspecified atom stereocenters. The van der Waals surface area contributed by atoms with Gasteiger partial charge in [-0.15, -0.1) is 0 Å². The standard InChI is InChI=1S/C34H40FN3O5/c35-31-8-2-1-6-27(31)24-41-18-4-19-42-28-11-9-26(10-12-28)30-15-16-36-23-32(30)37-22-25-5-3-7-29(21-25)43-20-17-38-33(39)13-14-34(38)40/h1-3,5-14,21,30,32,36-37,39-40H,4,15-20,22-24H2/t30-,32-/m0/s1. The summed E-state index contributed by atoms with van der Waals surface area (Å²) < 4.78 is 32.5. The summed E-state index contributed by atoms with van der Waals surface area (Å²) in [5.74, 6) is 1.73. The number of nitrogens with one attached hydrogen (secondary N) is 2. The van der Waals surface area contributed by atoms with E-state index in [2.05, 4.69) is 28.8 Å². The maximum Gasteiger partial charge on any atom is 0.193 e. The van der Waals surface area contributed by atoms with Crippen LogP contribution in [0.15, 0.2) is 84.9 Å². The third-order valence-corrected chi connectivity index (χ3v) is 7.69. The highest BCUT2D eigenvalue weighted by Gasteiger charge is 2.26. The molecule has 0 saturated carbocycles. The first-order valence-corrected chi connectivity index (χ1v) is 14.8. The van der Waals surface area contributed by atoms with Crippen LogP contribution in [-0.4, -0.2) is 53.7 Å². The third-order valence-electron chi connectivity index (χ3n) is 7.69. The summed E-state index contributed by atoms with van der Waals surface area (Å²) in [7, 11) is 0. The maximum atomic E-state index is 13.7. The van der Waals surface area contributed by atoms with Crippen molar-refractivity contribution >= 4 is 0 Å². The Labute approximate surface area is 252 Å². The fourth-order valence-corrected chi connectivity index (χ4v) is 5.36. The molecule has 1 aliphatic heterocycles. The van der Waals surface area contributed by atoms with Crippen LogP contribution in [0, 0.1) is 5.82 Å². The molecule has 5 rings (SSSR count). The molecule has 2 atom stereocenters. The number of hydrogen-bond acceptors (Lipinski definition) is 7. The smallest absolute Gasteiger partial charge is 0.193 e. The molecule has 4 N–H and O–H groups in total. The van der Waals surface area contributed by atoms with Crippen LogP contribution in [0.4, 0.5) is 4.39 Å². The number of aromatic hydroxyl groups is 2. The van der Waals surface area contributed by atoms with Gasteiger partial charge in [0.2, 0.25) is 0 Å². The minimum Gasteiger partial charge on any atom is -0.494 e. The second-order valence-electron chi connectivity index (χ2n) is 10.7. The quantitative estimate of drug-likeness (QED) is 0.139. The Bertz CT molecular complexity index is 1410. The van der Waals surface area contributed by atoms with Crippen molar-refractivity contribution in [1.82, 2.24) is 15.2 Å². The monoisotopic (exact) mass is 589 g/mol. The summed E-state index contributed by atoms with van der Waals surface area (Å²) >= 11 is 0. The molecule has 4 aromatic rings. The van der Waals surface area contributed by atoms with E-state index in [-0.39, 0.29) is 30.2 Å². The van der Waals surface area contributed by atoms with E-state index in [1.165, 1.54) is 28.3 Å². The molecule has 0 aliphatic carbocycles. The fourth-order valence-electron chi connectivity index (χ4n) is 5.36. The molecule has 228 valence electrons. The van der Waals surface area contributed by atoms with Gasteiger partial charge >= 0.3 is 0 Å². The molecule has 0 bridgehead atoms. The maximum absolute atomic E-state index is 13.7. The van der Waals surface area contributed by atoms with E-state index in [1.807, 2.05) is 36.4 Å². The van der Waals surface area contributed by atoms with E-state index < -0.39 is 0 Å². The molecule has 0 radical (unpaired) electrons. The Morgan fingerprint density at radius 2 is 1.65 bits per heavy atom. The van der Waals surface area contributed by atoms with Gasteiger partial charge in [0, 0.05) is 49.2 Å². The molecular formula is C34H40FN3O5. The highest BCUT2D eigenvalue weighted by Crippen LogP contribution is 2.28. The van der Waals surface area contributed by atoms with Gasteiger partial charge in [-0.3, -0.25) is 4.57 Å². The third kappa shape index (κ3) is 8.73. The van der Waals surface area contributed by atoms with Gasteiger partial charge in [0.1, 0.15) is 23.9 Å². The molecule has 9 heteroatoms. The first kappa shape index (κ1) is 30.4. The van der Waals surface area contributed by atoms with Crippen LogP contribution in [0.3, 0.4) is 0 Å². The fraction of sp³-hybridized carbons (Fsp3) is 0.353. The average molecular weight is 590 g/mol. The van der Waals surface area contributed by atoms with Crippen LogP contribution in [0.2, 0.25) is 0 Å². The molecule has 8 nitrogen and oxygen atoms in total. The van der Waals surface area contributed by atoms with E-state index in [0.29, 0.717) is 44.4 Å². The molecule has 3 aromatic carbocycles. The SMILES string of the molecule is Oc1ccc(O)n1CCOc1cccc(CN[C@H]2CNCC[C@H]2c2ccc(OCCCOCc3ccccc3F)cc2)c1. The van der Waals surface area contributed by atoms with Gasteiger partial charge in [-0.25, -0.2) is 4.39 Å². The molecule has 1 aromatic heterocycles. The zero-order chi connectivity index (χ0) is 29.9. The van der Waals surface area contributed by atoms with Gasteiger partial charge < -0.3 is 35.1 Å². The average Bonchev–Trinajstić information content (AvgIpc) is 3.35. The molecule has 1 aliphatic rings. The largest absolute Gasteiger partial charge is 0.494 e. The zero-order valence-corrected chi connectivity index (χ0v) is 24.3. The Morgan fingerprint density at radius 1 is 0.860 bits per heavy atom. The molecular weight excluding hydrogens is 549 g/mol. The number of ether oxygens (including phenoxy) is 3. The van der Waals surface area contributed by atoms with Gasteiger partial charge in [0.15, 0.2) is 11.8 Å². The summed E-state index contributed by atoms with van der Waals surface area (Å²) in [4.78, 5) is 0. The summed E-state index contributed by atoms with van der Waals surface area (Å²) in [5.41, 5.74) is 2.97. The first-order valence-electron chi connectivity index (χ1n) is 14.8. The summed E-state index contributed by atoms with van der Waals surface area (Å²) in [6.07, 6.45) is 1.77. The van der Waals surface area contributed by atoms with E-state index in [1.54, 1.807) is 12.1 Å². The number of hydrogen-bond donors (Lipinski definition) is 4. The molecule has 43 heavy (non-hydrogen) atoms. The minimum atomic E-state index is -0.241. The first-order chi connectivity index (χ1) is 21.1. The van der Waals surface area contributed by atoms with Crippen molar-refractivity contribution in [3.63, 3.8) is 0 Å². The Hall–Kier alpha value is -4.05.